The molecule has 2 saturated heterocycles. The van der Waals surface area contributed by atoms with Gasteiger partial charge in [-0.3, -0.25) is 4.79 Å². The molecule has 0 bridgehead atoms. The first kappa shape index (κ1) is 29.3. The third kappa shape index (κ3) is 5.31. The molecule has 11 nitrogen and oxygen atoms in total. The van der Waals surface area contributed by atoms with Crippen LogP contribution >= 0.6 is 0 Å². The number of piperidine rings is 1. The Bertz CT molecular complexity index is 1890. The van der Waals surface area contributed by atoms with Crippen LogP contribution in [0.1, 0.15) is 35.6 Å². The molecule has 0 saturated carbocycles. The number of rotatable bonds is 7. The zero-order valence-electron chi connectivity index (χ0n) is 24.4. The van der Waals surface area contributed by atoms with E-state index in [0.717, 1.165) is 16.8 Å². The number of carbonyl (C=O) groups excluding carboxylic acids is 1. The summed E-state index contributed by atoms with van der Waals surface area (Å²) in [6.45, 7) is 2.30. The molecule has 14 heteroatoms. The Balaban J connectivity index is 1.20. The largest absolute Gasteiger partial charge is 0.458 e. The summed E-state index contributed by atoms with van der Waals surface area (Å²) in [6, 6.07) is 10.6. The van der Waals surface area contributed by atoms with Gasteiger partial charge in [0.1, 0.15) is 46.2 Å². The Morgan fingerprint density at radius 3 is 2.67 bits per heavy atom. The van der Waals surface area contributed by atoms with E-state index < -0.39 is 27.6 Å². The average Bonchev–Trinajstić information content (AvgIpc) is 3.78. The molecule has 3 aliphatic rings. The number of carbonyl (C=O) groups is 1. The lowest BCUT2D eigenvalue weighted by molar-refractivity contribution is -0.156. The third-order valence-electron chi connectivity index (χ3n) is 8.68. The number of alkyl halides is 1. The first-order chi connectivity index (χ1) is 21.6. The van der Waals surface area contributed by atoms with Crippen LogP contribution in [0.4, 0.5) is 14.6 Å². The lowest BCUT2D eigenvalue weighted by Gasteiger charge is -2.43. The molecule has 2 fully saturated rings. The molecule has 2 atom stereocenters. The van der Waals surface area contributed by atoms with E-state index in [0.29, 0.717) is 35.9 Å². The molecular weight excluding hydrogens is 606 g/mol. The van der Waals surface area contributed by atoms with Gasteiger partial charge >= 0.3 is 5.97 Å². The van der Waals surface area contributed by atoms with E-state index in [4.69, 9.17) is 9.26 Å². The summed E-state index contributed by atoms with van der Waals surface area (Å²) in [5.41, 5.74) is 1.94. The monoisotopic (exact) mass is 636 g/mol. The van der Waals surface area contributed by atoms with Crippen LogP contribution in [0, 0.1) is 18.2 Å². The van der Waals surface area contributed by atoms with E-state index in [-0.39, 0.29) is 49.8 Å². The topological polar surface area (TPSA) is 124 Å². The maximum Gasteiger partial charge on any atom is 0.318 e. The van der Waals surface area contributed by atoms with Crippen LogP contribution in [0.25, 0.3) is 11.8 Å². The second-order valence-electron chi connectivity index (χ2n) is 11.6. The van der Waals surface area contributed by atoms with Crippen LogP contribution in [0.2, 0.25) is 0 Å². The van der Waals surface area contributed by atoms with Crippen LogP contribution in [0.5, 0.6) is 0 Å². The van der Waals surface area contributed by atoms with Crippen LogP contribution in [-0.4, -0.2) is 71.0 Å². The molecule has 7 rings (SSSR count). The SMILES string of the molecule is Cc1cc(COC(=O)[C@]23Cc4cnn(-c5ccc(F)cc5)c4C=C2CCN(S(=O)(=O)c2ccc(N4CC[C@@H](F)C4)nc2)C3)no1. The van der Waals surface area contributed by atoms with Gasteiger partial charge in [-0.25, -0.2) is 26.9 Å². The summed E-state index contributed by atoms with van der Waals surface area (Å²) in [6.07, 6.45) is 4.67. The van der Waals surface area contributed by atoms with E-state index in [1.807, 2.05) is 6.08 Å². The Hall–Kier alpha value is -4.43. The molecule has 0 radical (unpaired) electrons. The Labute approximate surface area is 258 Å². The third-order valence-corrected chi connectivity index (χ3v) is 10.5. The quantitative estimate of drug-likeness (QED) is 0.277. The fourth-order valence-corrected chi connectivity index (χ4v) is 7.78. The number of halogens is 2. The highest BCUT2D eigenvalue weighted by Crippen LogP contribution is 2.46. The molecule has 0 amide bonds. The second-order valence-corrected chi connectivity index (χ2v) is 13.6. The number of esters is 1. The number of aryl methyl sites for hydroxylation is 1. The summed E-state index contributed by atoms with van der Waals surface area (Å²) in [4.78, 5) is 20.1. The molecule has 3 aromatic heterocycles. The molecule has 45 heavy (non-hydrogen) atoms. The minimum absolute atomic E-state index is 0.0168. The highest BCUT2D eigenvalue weighted by atomic mass is 32.2. The molecule has 0 N–H and O–H groups in total. The first-order valence-corrected chi connectivity index (χ1v) is 16.0. The summed E-state index contributed by atoms with van der Waals surface area (Å²) in [5.74, 6) is 0.126. The number of nitrogens with zero attached hydrogens (tertiary/aromatic N) is 6. The number of pyridine rings is 1. The molecule has 1 aliphatic carbocycles. The van der Waals surface area contributed by atoms with E-state index in [1.54, 1.807) is 47.0 Å². The van der Waals surface area contributed by atoms with Gasteiger partial charge in [0.25, 0.3) is 0 Å². The molecule has 4 aromatic rings. The predicted octanol–water partition coefficient (Wildman–Crippen LogP) is 4.01. The Morgan fingerprint density at radius 2 is 1.98 bits per heavy atom. The van der Waals surface area contributed by atoms with E-state index in [2.05, 4.69) is 15.2 Å². The van der Waals surface area contributed by atoms with Crippen molar-refractivity contribution >= 4 is 27.9 Å². The van der Waals surface area contributed by atoms with Gasteiger partial charge in [-0.2, -0.15) is 9.40 Å². The van der Waals surface area contributed by atoms with Gasteiger partial charge in [0.2, 0.25) is 10.0 Å². The fourth-order valence-electron chi connectivity index (χ4n) is 6.33. The number of aromatic nitrogens is 4. The maximum absolute atomic E-state index is 14.0. The number of ether oxygens (including phenoxy) is 1. The number of benzene rings is 1. The van der Waals surface area contributed by atoms with Gasteiger partial charge < -0.3 is 14.2 Å². The summed E-state index contributed by atoms with van der Waals surface area (Å²) >= 11 is 0. The van der Waals surface area contributed by atoms with Crippen molar-refractivity contribution in [2.24, 2.45) is 5.41 Å². The van der Waals surface area contributed by atoms with Gasteiger partial charge in [-0.15, -0.1) is 0 Å². The number of anilines is 1. The second kappa shape index (κ2) is 11.2. The van der Waals surface area contributed by atoms with Gasteiger partial charge in [-0.1, -0.05) is 5.16 Å². The van der Waals surface area contributed by atoms with Crippen molar-refractivity contribution in [3.8, 4) is 5.69 Å². The molecule has 2 aliphatic heterocycles. The van der Waals surface area contributed by atoms with Crippen molar-refractivity contribution in [3.63, 3.8) is 0 Å². The average molecular weight is 637 g/mol. The number of hydrogen-bond acceptors (Lipinski definition) is 9. The predicted molar refractivity (Wildman–Crippen MR) is 158 cm³/mol. The van der Waals surface area contributed by atoms with E-state index in [9.17, 15) is 22.0 Å². The van der Waals surface area contributed by atoms with Crippen LogP contribution < -0.4 is 4.90 Å². The van der Waals surface area contributed by atoms with Crippen LogP contribution in [0.3, 0.4) is 0 Å². The minimum atomic E-state index is -4.06. The molecule has 0 unspecified atom stereocenters. The van der Waals surface area contributed by atoms with Gasteiger partial charge in [0.15, 0.2) is 0 Å². The smallest absolute Gasteiger partial charge is 0.318 e. The normalized spacial score (nSPS) is 21.7. The molecule has 0 spiro atoms. The molecule has 1 aromatic carbocycles. The van der Waals surface area contributed by atoms with Crippen LogP contribution in [-0.2, 0) is 32.6 Å². The molecule has 5 heterocycles. The van der Waals surface area contributed by atoms with Crippen molar-refractivity contribution < 1.29 is 31.3 Å². The zero-order chi connectivity index (χ0) is 31.3. The number of fused-ring (bicyclic) bond motifs is 2. The lowest BCUT2D eigenvalue weighted by Crippen LogP contribution is -2.53. The number of sulfonamides is 1. The Morgan fingerprint density at radius 1 is 1.16 bits per heavy atom. The summed E-state index contributed by atoms with van der Waals surface area (Å²) in [5, 5.41) is 8.41. The molecule has 234 valence electrons. The Kier molecular flexibility index (Phi) is 7.28. The standard InChI is InChI=1S/C31H30F2N6O5S/c1-20-12-25(36-44-20)18-43-30(40)31-14-21-15-35-39(26-4-2-23(32)3-5-26)28(21)13-22(31)8-11-38(19-31)45(41,42)27-6-7-29(34-16-27)37-10-9-24(33)17-37/h2-7,12-13,15-16,24H,8-11,14,17-19H2,1H3/t24-,31+/m1/s1. The van der Waals surface area contributed by atoms with Crippen molar-refractivity contribution in [2.75, 3.05) is 31.1 Å². The van der Waals surface area contributed by atoms with E-state index >= 15 is 0 Å². The highest BCUT2D eigenvalue weighted by Gasteiger charge is 2.52. The van der Waals surface area contributed by atoms with Crippen molar-refractivity contribution in [1.29, 1.82) is 0 Å². The van der Waals surface area contributed by atoms with Crippen LogP contribution in [0.15, 0.2) is 69.8 Å². The first-order valence-electron chi connectivity index (χ1n) is 14.6. The highest BCUT2D eigenvalue weighted by molar-refractivity contribution is 7.89. The summed E-state index contributed by atoms with van der Waals surface area (Å²) in [7, 11) is -4.06. The zero-order valence-corrected chi connectivity index (χ0v) is 25.2. The number of hydrogen-bond donors (Lipinski definition) is 0. The van der Waals surface area contributed by atoms with Gasteiger partial charge in [-0.05, 0) is 79.8 Å². The van der Waals surface area contributed by atoms with E-state index in [1.165, 1.54) is 28.7 Å². The van der Waals surface area contributed by atoms with Gasteiger partial charge in [0.05, 0.1) is 24.1 Å². The maximum atomic E-state index is 14.0. The fraction of sp³-hybridized carbons (Fsp3) is 0.355. The van der Waals surface area contributed by atoms with Crippen molar-refractivity contribution in [2.45, 2.75) is 43.9 Å². The van der Waals surface area contributed by atoms with Crippen molar-refractivity contribution in [1.82, 2.24) is 24.2 Å². The summed E-state index contributed by atoms with van der Waals surface area (Å²) < 4.78 is 69.0. The van der Waals surface area contributed by atoms with Gasteiger partial charge in [0, 0.05) is 31.9 Å². The van der Waals surface area contributed by atoms with Crippen molar-refractivity contribution in [3.05, 3.63) is 89.0 Å². The molecular formula is C31H30F2N6O5S. The lowest BCUT2D eigenvalue weighted by atomic mass is 9.69. The minimum Gasteiger partial charge on any atom is -0.458 e.